The Morgan fingerprint density at radius 3 is 3.07 bits per heavy atom. The van der Waals surface area contributed by atoms with Crippen LogP contribution in [0.1, 0.15) is 17.9 Å². The molecule has 3 N–H and O–H groups in total. The number of carbonyl (C=O) groups excluding carboxylic acids is 1. The van der Waals surface area contributed by atoms with Crippen LogP contribution in [0.25, 0.3) is 0 Å². The van der Waals surface area contributed by atoms with E-state index < -0.39 is 0 Å². The van der Waals surface area contributed by atoms with Crippen molar-refractivity contribution in [1.82, 2.24) is 0 Å². The van der Waals surface area contributed by atoms with E-state index in [1.807, 2.05) is 0 Å². The van der Waals surface area contributed by atoms with Crippen molar-refractivity contribution in [1.29, 1.82) is 0 Å². The zero-order valence-corrected chi connectivity index (χ0v) is 7.59. The van der Waals surface area contributed by atoms with Gasteiger partial charge in [0.05, 0.1) is 0 Å². The number of hydrogen-bond donors (Lipinski definition) is 2. The zero-order chi connectivity index (χ0) is 10.1. The molecule has 1 aromatic carbocycles. The van der Waals surface area contributed by atoms with Crippen molar-refractivity contribution in [3.8, 4) is 0 Å². The van der Waals surface area contributed by atoms with Crippen LogP contribution in [0.3, 0.4) is 0 Å². The van der Waals surface area contributed by atoms with Crippen LogP contribution < -0.4 is 11.1 Å². The molecule has 2 rings (SSSR count). The highest BCUT2D eigenvalue weighted by atomic mass is 19.1. The highest BCUT2D eigenvalue weighted by Crippen LogP contribution is 2.31. The molecule has 0 aliphatic carbocycles. The molecule has 14 heavy (non-hydrogen) atoms. The first-order chi connectivity index (χ1) is 6.70. The van der Waals surface area contributed by atoms with Crippen molar-refractivity contribution >= 4 is 11.6 Å². The summed E-state index contributed by atoms with van der Waals surface area (Å²) in [4.78, 5) is 11.2. The van der Waals surface area contributed by atoms with Gasteiger partial charge in [0.25, 0.3) is 0 Å². The van der Waals surface area contributed by atoms with E-state index in [0.29, 0.717) is 18.7 Å². The first-order valence-electron chi connectivity index (χ1n) is 4.50. The van der Waals surface area contributed by atoms with Crippen LogP contribution in [-0.4, -0.2) is 12.5 Å². The second kappa shape index (κ2) is 3.38. The standard InChI is InChI=1S/C10H11FN2O/c11-7-1-2-8-6(5-12)3-10(14)13-9(8)4-7/h1-2,4,6H,3,5,12H2,(H,13,14). The van der Waals surface area contributed by atoms with Crippen molar-refractivity contribution in [3.63, 3.8) is 0 Å². The summed E-state index contributed by atoms with van der Waals surface area (Å²) in [6.07, 6.45) is 0.384. The molecule has 1 amide bonds. The molecule has 0 fully saturated rings. The van der Waals surface area contributed by atoms with Crippen molar-refractivity contribution in [2.75, 3.05) is 11.9 Å². The Balaban J connectivity index is 2.45. The number of amides is 1. The van der Waals surface area contributed by atoms with Crippen LogP contribution in [0, 0.1) is 5.82 Å². The van der Waals surface area contributed by atoms with Crippen LogP contribution in [0.5, 0.6) is 0 Å². The Kier molecular flexibility index (Phi) is 2.21. The number of benzene rings is 1. The number of nitrogens with two attached hydrogens (primary N) is 1. The highest BCUT2D eigenvalue weighted by molar-refractivity contribution is 5.94. The number of nitrogens with one attached hydrogen (secondary N) is 1. The topological polar surface area (TPSA) is 55.1 Å². The molecule has 1 aromatic rings. The molecule has 1 atom stereocenters. The fourth-order valence-corrected chi connectivity index (χ4v) is 1.74. The number of anilines is 1. The van der Waals surface area contributed by atoms with E-state index in [1.54, 1.807) is 6.07 Å². The molecule has 1 unspecified atom stereocenters. The van der Waals surface area contributed by atoms with Crippen molar-refractivity contribution in [3.05, 3.63) is 29.6 Å². The number of halogens is 1. The Morgan fingerprint density at radius 2 is 2.36 bits per heavy atom. The SMILES string of the molecule is NCC1CC(=O)Nc2cc(F)ccc21. The fourth-order valence-electron chi connectivity index (χ4n) is 1.74. The summed E-state index contributed by atoms with van der Waals surface area (Å²) in [7, 11) is 0. The van der Waals surface area contributed by atoms with E-state index in [9.17, 15) is 9.18 Å². The lowest BCUT2D eigenvalue weighted by molar-refractivity contribution is -0.116. The molecule has 1 aliphatic rings. The molecule has 1 heterocycles. The maximum atomic E-state index is 12.9. The molecular weight excluding hydrogens is 183 g/mol. The van der Waals surface area contributed by atoms with E-state index in [-0.39, 0.29) is 17.6 Å². The summed E-state index contributed by atoms with van der Waals surface area (Å²) < 4.78 is 12.9. The molecule has 0 saturated carbocycles. The van der Waals surface area contributed by atoms with Gasteiger partial charge < -0.3 is 11.1 Å². The summed E-state index contributed by atoms with van der Waals surface area (Å²) in [6, 6.07) is 4.40. The third-order valence-electron chi connectivity index (χ3n) is 2.45. The summed E-state index contributed by atoms with van der Waals surface area (Å²) in [5, 5.41) is 2.63. The Labute approximate surface area is 81.1 Å². The van der Waals surface area contributed by atoms with Crippen molar-refractivity contribution in [2.24, 2.45) is 5.73 Å². The molecule has 4 heteroatoms. The van der Waals surface area contributed by atoms with Gasteiger partial charge in [-0.3, -0.25) is 4.79 Å². The molecule has 3 nitrogen and oxygen atoms in total. The predicted molar refractivity (Wildman–Crippen MR) is 51.4 cm³/mol. The Morgan fingerprint density at radius 1 is 1.57 bits per heavy atom. The maximum Gasteiger partial charge on any atom is 0.225 e. The molecule has 0 bridgehead atoms. The molecule has 74 valence electrons. The third-order valence-corrected chi connectivity index (χ3v) is 2.45. The Bertz CT molecular complexity index is 378. The largest absolute Gasteiger partial charge is 0.330 e. The van der Waals surface area contributed by atoms with Crippen LogP contribution in [0.15, 0.2) is 18.2 Å². The fraction of sp³-hybridized carbons (Fsp3) is 0.300. The number of rotatable bonds is 1. The van der Waals surface area contributed by atoms with Gasteiger partial charge in [-0.05, 0) is 24.2 Å². The molecule has 0 radical (unpaired) electrons. The first kappa shape index (κ1) is 9.15. The lowest BCUT2D eigenvalue weighted by Gasteiger charge is -2.24. The van der Waals surface area contributed by atoms with E-state index in [2.05, 4.69) is 5.32 Å². The van der Waals surface area contributed by atoms with Crippen LogP contribution in [0.4, 0.5) is 10.1 Å². The molecule has 1 aliphatic heterocycles. The van der Waals surface area contributed by atoms with Gasteiger partial charge in [-0.1, -0.05) is 6.07 Å². The lowest BCUT2D eigenvalue weighted by atomic mass is 9.91. The van der Waals surface area contributed by atoms with Gasteiger partial charge in [0.15, 0.2) is 0 Å². The predicted octanol–water partition coefficient (Wildman–Crippen LogP) is 1.21. The minimum atomic E-state index is -0.346. The molecule has 0 aromatic heterocycles. The second-order valence-electron chi connectivity index (χ2n) is 3.42. The van der Waals surface area contributed by atoms with Gasteiger partial charge in [-0.25, -0.2) is 4.39 Å². The van der Waals surface area contributed by atoms with Crippen LogP contribution >= 0.6 is 0 Å². The Hall–Kier alpha value is -1.42. The average molecular weight is 194 g/mol. The third kappa shape index (κ3) is 1.48. The summed E-state index contributed by atoms with van der Waals surface area (Å²) in [5.74, 6) is -0.431. The lowest BCUT2D eigenvalue weighted by Crippen LogP contribution is -2.27. The quantitative estimate of drug-likeness (QED) is 0.706. The number of carbonyl (C=O) groups is 1. The summed E-state index contributed by atoms with van der Waals surface area (Å²) in [6.45, 7) is 0.409. The summed E-state index contributed by atoms with van der Waals surface area (Å²) in [5.41, 5.74) is 7.02. The van der Waals surface area contributed by atoms with Crippen molar-refractivity contribution in [2.45, 2.75) is 12.3 Å². The second-order valence-corrected chi connectivity index (χ2v) is 3.42. The first-order valence-corrected chi connectivity index (χ1v) is 4.50. The van der Waals surface area contributed by atoms with E-state index >= 15 is 0 Å². The van der Waals surface area contributed by atoms with Gasteiger partial charge in [0, 0.05) is 18.0 Å². The van der Waals surface area contributed by atoms with Gasteiger partial charge in [-0.2, -0.15) is 0 Å². The normalized spacial score (nSPS) is 20.1. The van der Waals surface area contributed by atoms with E-state index in [4.69, 9.17) is 5.73 Å². The molecular formula is C10H11FN2O. The average Bonchev–Trinajstić information content (AvgIpc) is 2.15. The van der Waals surface area contributed by atoms with Crippen molar-refractivity contribution < 1.29 is 9.18 Å². The van der Waals surface area contributed by atoms with E-state index in [1.165, 1.54) is 12.1 Å². The molecule has 0 spiro atoms. The van der Waals surface area contributed by atoms with Crippen LogP contribution in [0.2, 0.25) is 0 Å². The number of fused-ring (bicyclic) bond motifs is 1. The highest BCUT2D eigenvalue weighted by Gasteiger charge is 2.23. The van der Waals surface area contributed by atoms with Crippen LogP contribution in [-0.2, 0) is 4.79 Å². The van der Waals surface area contributed by atoms with Gasteiger partial charge in [-0.15, -0.1) is 0 Å². The minimum absolute atomic E-state index is 0.0133. The van der Waals surface area contributed by atoms with E-state index in [0.717, 1.165) is 5.56 Å². The minimum Gasteiger partial charge on any atom is -0.330 e. The molecule has 0 saturated heterocycles. The smallest absolute Gasteiger partial charge is 0.225 e. The maximum absolute atomic E-state index is 12.9. The zero-order valence-electron chi connectivity index (χ0n) is 7.59. The monoisotopic (exact) mass is 194 g/mol. The number of hydrogen-bond acceptors (Lipinski definition) is 2. The summed E-state index contributed by atoms with van der Waals surface area (Å²) >= 11 is 0. The van der Waals surface area contributed by atoms with Gasteiger partial charge in [0.2, 0.25) is 5.91 Å². The van der Waals surface area contributed by atoms with Gasteiger partial charge in [0.1, 0.15) is 5.82 Å². The van der Waals surface area contributed by atoms with Gasteiger partial charge >= 0.3 is 0 Å².